The molecule has 0 saturated carbocycles. The topological polar surface area (TPSA) is 85.3 Å². The molecule has 1 heterocycles. The van der Waals surface area contributed by atoms with Gasteiger partial charge < -0.3 is 24.2 Å². The molecule has 0 bridgehead atoms. The Labute approximate surface area is 194 Å². The highest BCUT2D eigenvalue weighted by atomic mass is 16.5. The number of carbonyl (C=O) groups is 2. The highest BCUT2D eigenvalue weighted by molar-refractivity contribution is 6.46. The Bertz CT molecular complexity index is 1030. The van der Waals surface area contributed by atoms with E-state index >= 15 is 0 Å². The van der Waals surface area contributed by atoms with E-state index in [1.165, 1.54) is 12.0 Å². The smallest absolute Gasteiger partial charge is 0.295 e. The first-order valence-corrected chi connectivity index (χ1v) is 11.1. The van der Waals surface area contributed by atoms with Crippen molar-refractivity contribution in [3.8, 4) is 11.5 Å². The number of amides is 1. The number of aliphatic hydroxyl groups is 1. The number of Topliss-reactive ketones (excluding diaryl/α,β-unsaturated/α-hetero) is 1. The van der Waals surface area contributed by atoms with Crippen LogP contribution in [0.4, 0.5) is 0 Å². The quantitative estimate of drug-likeness (QED) is 0.330. The molecule has 1 aliphatic rings. The minimum absolute atomic E-state index is 0.0331. The molecule has 176 valence electrons. The third-order valence-corrected chi connectivity index (χ3v) is 5.25. The summed E-state index contributed by atoms with van der Waals surface area (Å²) in [6.45, 7) is 7.44. The lowest BCUT2D eigenvalue weighted by molar-refractivity contribution is -0.140. The van der Waals surface area contributed by atoms with Gasteiger partial charge in [-0.15, -0.1) is 0 Å². The van der Waals surface area contributed by atoms with Crippen molar-refractivity contribution in [1.82, 2.24) is 4.90 Å². The molecule has 0 radical (unpaired) electrons. The summed E-state index contributed by atoms with van der Waals surface area (Å²) in [7, 11) is 1.53. The largest absolute Gasteiger partial charge is 0.507 e. The summed E-state index contributed by atoms with van der Waals surface area (Å²) in [5.74, 6) is -0.100. The third kappa shape index (κ3) is 5.54. The molecule has 1 amide bonds. The Hall–Kier alpha value is -3.32. The van der Waals surface area contributed by atoms with Crippen molar-refractivity contribution in [2.75, 3.05) is 33.5 Å². The first kappa shape index (κ1) is 24.3. The van der Waals surface area contributed by atoms with Crippen molar-refractivity contribution in [3.05, 3.63) is 65.2 Å². The second-order valence-electron chi connectivity index (χ2n) is 8.22. The summed E-state index contributed by atoms with van der Waals surface area (Å²) in [4.78, 5) is 27.4. The summed E-state index contributed by atoms with van der Waals surface area (Å²) in [6, 6.07) is 13.3. The standard InChI is InChI=1S/C26H31NO6/c1-5-32-20-10-7-9-19(15-20)24(28)22-23(27(12-13-31-4)26(30)25(22)29)18-8-6-11-21(14-18)33-16-17(2)3/h6-11,14-15,17,23,28H,5,12-13,16H2,1-4H3/b24-22-. The molecule has 0 spiro atoms. The number of nitrogens with zero attached hydrogens (tertiary/aromatic N) is 1. The van der Waals surface area contributed by atoms with Crippen molar-refractivity contribution in [3.63, 3.8) is 0 Å². The maximum Gasteiger partial charge on any atom is 0.295 e. The number of hydrogen-bond donors (Lipinski definition) is 1. The number of benzene rings is 2. The summed E-state index contributed by atoms with van der Waals surface area (Å²) in [5.41, 5.74) is 1.11. The van der Waals surface area contributed by atoms with Gasteiger partial charge in [-0.25, -0.2) is 0 Å². The number of carbonyl (C=O) groups excluding carboxylic acids is 2. The predicted octanol–water partition coefficient (Wildman–Crippen LogP) is 4.19. The van der Waals surface area contributed by atoms with Crippen molar-refractivity contribution in [1.29, 1.82) is 0 Å². The molecule has 1 saturated heterocycles. The Balaban J connectivity index is 2.10. The van der Waals surface area contributed by atoms with Crippen LogP contribution in [-0.4, -0.2) is 55.2 Å². The van der Waals surface area contributed by atoms with Crippen molar-refractivity contribution in [2.24, 2.45) is 5.92 Å². The van der Waals surface area contributed by atoms with Crippen LogP contribution >= 0.6 is 0 Å². The second kappa shape index (κ2) is 11.0. The lowest BCUT2D eigenvalue weighted by atomic mass is 9.95. The van der Waals surface area contributed by atoms with Crippen LogP contribution in [0.2, 0.25) is 0 Å². The molecule has 3 rings (SSSR count). The number of aliphatic hydroxyl groups excluding tert-OH is 1. The molecule has 0 aliphatic carbocycles. The number of methoxy groups -OCH3 is 1. The van der Waals surface area contributed by atoms with Gasteiger partial charge in [-0.2, -0.15) is 0 Å². The molecule has 7 heteroatoms. The SMILES string of the molecule is CCOc1cccc(/C(O)=C2/C(=O)C(=O)N(CCOC)C2c2cccc(OCC(C)C)c2)c1. The van der Waals surface area contributed by atoms with Crippen molar-refractivity contribution in [2.45, 2.75) is 26.8 Å². The van der Waals surface area contributed by atoms with E-state index < -0.39 is 17.7 Å². The van der Waals surface area contributed by atoms with E-state index in [1.807, 2.05) is 31.2 Å². The summed E-state index contributed by atoms with van der Waals surface area (Å²) in [6.07, 6.45) is 0. The number of ether oxygens (including phenoxy) is 3. The minimum atomic E-state index is -0.765. The van der Waals surface area contributed by atoms with Crippen LogP contribution in [0, 0.1) is 5.92 Å². The summed E-state index contributed by atoms with van der Waals surface area (Å²) in [5, 5.41) is 11.2. The van der Waals surface area contributed by atoms with Gasteiger partial charge >= 0.3 is 0 Å². The summed E-state index contributed by atoms with van der Waals surface area (Å²) < 4.78 is 16.5. The van der Waals surface area contributed by atoms with Gasteiger partial charge in [0.15, 0.2) is 0 Å². The maximum absolute atomic E-state index is 13.1. The van der Waals surface area contributed by atoms with Gasteiger partial charge in [-0.1, -0.05) is 38.1 Å². The Morgan fingerprint density at radius 2 is 1.76 bits per heavy atom. The van der Waals surface area contributed by atoms with Crippen LogP contribution in [-0.2, 0) is 14.3 Å². The van der Waals surface area contributed by atoms with E-state index in [2.05, 4.69) is 13.8 Å². The number of rotatable bonds is 10. The van der Waals surface area contributed by atoms with Crippen LogP contribution in [0.3, 0.4) is 0 Å². The van der Waals surface area contributed by atoms with Gasteiger partial charge in [0.05, 0.1) is 31.4 Å². The fraction of sp³-hybridized carbons (Fsp3) is 0.385. The number of likely N-dealkylation sites (tertiary alicyclic amines) is 1. The highest BCUT2D eigenvalue weighted by Gasteiger charge is 2.46. The molecule has 1 unspecified atom stereocenters. The first-order chi connectivity index (χ1) is 15.9. The van der Waals surface area contributed by atoms with Crippen molar-refractivity contribution >= 4 is 17.4 Å². The molecule has 0 aromatic heterocycles. The monoisotopic (exact) mass is 453 g/mol. The number of hydrogen-bond acceptors (Lipinski definition) is 6. The van der Waals surface area contributed by atoms with Crippen LogP contribution in [0.5, 0.6) is 11.5 Å². The Morgan fingerprint density at radius 1 is 1.06 bits per heavy atom. The molecule has 1 fully saturated rings. The van der Waals surface area contributed by atoms with E-state index in [4.69, 9.17) is 14.2 Å². The molecule has 33 heavy (non-hydrogen) atoms. The van der Waals surface area contributed by atoms with Gasteiger partial charge in [-0.05, 0) is 42.7 Å². The lowest BCUT2D eigenvalue weighted by Crippen LogP contribution is -2.32. The fourth-order valence-corrected chi connectivity index (χ4v) is 3.74. The lowest BCUT2D eigenvalue weighted by Gasteiger charge is -2.25. The van der Waals surface area contributed by atoms with Gasteiger partial charge in [0.2, 0.25) is 0 Å². The molecule has 1 N–H and O–H groups in total. The average molecular weight is 454 g/mol. The average Bonchev–Trinajstić information content (AvgIpc) is 3.06. The highest BCUT2D eigenvalue weighted by Crippen LogP contribution is 2.40. The van der Waals surface area contributed by atoms with Gasteiger partial charge in [0.25, 0.3) is 11.7 Å². The minimum Gasteiger partial charge on any atom is -0.507 e. The first-order valence-electron chi connectivity index (χ1n) is 11.1. The van der Waals surface area contributed by atoms with E-state index in [0.29, 0.717) is 41.8 Å². The Kier molecular flexibility index (Phi) is 8.11. The zero-order valence-corrected chi connectivity index (χ0v) is 19.5. The zero-order valence-electron chi connectivity index (χ0n) is 19.5. The van der Waals surface area contributed by atoms with Gasteiger partial charge in [0.1, 0.15) is 17.3 Å². The van der Waals surface area contributed by atoms with Gasteiger partial charge in [0, 0.05) is 19.2 Å². The Morgan fingerprint density at radius 3 is 2.42 bits per heavy atom. The van der Waals surface area contributed by atoms with Crippen LogP contribution in [0.25, 0.3) is 5.76 Å². The van der Waals surface area contributed by atoms with Crippen LogP contribution in [0.15, 0.2) is 54.1 Å². The molecular weight excluding hydrogens is 422 g/mol. The van der Waals surface area contributed by atoms with E-state index in [0.717, 1.165) is 0 Å². The van der Waals surface area contributed by atoms with Crippen LogP contribution < -0.4 is 9.47 Å². The normalized spacial score (nSPS) is 17.6. The predicted molar refractivity (Wildman–Crippen MR) is 125 cm³/mol. The molecule has 1 atom stereocenters. The molecule has 7 nitrogen and oxygen atoms in total. The summed E-state index contributed by atoms with van der Waals surface area (Å²) >= 11 is 0. The maximum atomic E-state index is 13.1. The van der Waals surface area contributed by atoms with Crippen molar-refractivity contribution < 1.29 is 28.9 Å². The van der Waals surface area contributed by atoms with E-state index in [1.54, 1.807) is 24.3 Å². The molecule has 2 aromatic rings. The van der Waals surface area contributed by atoms with Gasteiger partial charge in [-0.3, -0.25) is 9.59 Å². The number of ketones is 1. The third-order valence-electron chi connectivity index (χ3n) is 5.25. The van der Waals surface area contributed by atoms with E-state index in [-0.39, 0.29) is 24.5 Å². The molecular formula is C26H31NO6. The van der Waals surface area contributed by atoms with Crippen LogP contribution in [0.1, 0.15) is 37.9 Å². The second-order valence-corrected chi connectivity index (χ2v) is 8.22. The fourth-order valence-electron chi connectivity index (χ4n) is 3.74. The molecule has 2 aromatic carbocycles. The zero-order chi connectivity index (χ0) is 24.0. The molecule has 1 aliphatic heterocycles. The van der Waals surface area contributed by atoms with E-state index in [9.17, 15) is 14.7 Å².